The van der Waals surface area contributed by atoms with Crippen LogP contribution in [0.3, 0.4) is 0 Å². The predicted octanol–water partition coefficient (Wildman–Crippen LogP) is 2.65. The number of hydrogen-bond donors (Lipinski definition) is 3. The number of esters is 1. The van der Waals surface area contributed by atoms with E-state index in [1.54, 1.807) is 25.1 Å². The number of urea groups is 1. The van der Waals surface area contributed by atoms with Crippen LogP contribution < -0.4 is 25.4 Å². The SMILES string of the molecule is COC(=O)C1=C(C)NC(=O)NC1c1ccc(OCC(=O)Nc2ccc(F)cc2)c(OC)c1. The Bertz CT molecular complexity index is 1070. The fourth-order valence-corrected chi connectivity index (χ4v) is 3.18. The molecule has 2 aromatic rings. The Morgan fingerprint density at radius 2 is 1.81 bits per heavy atom. The van der Waals surface area contributed by atoms with Crippen molar-refractivity contribution in [1.82, 2.24) is 10.6 Å². The summed E-state index contributed by atoms with van der Waals surface area (Å²) in [5.41, 5.74) is 1.62. The highest BCUT2D eigenvalue weighted by Crippen LogP contribution is 2.34. The second-order valence-electron chi connectivity index (χ2n) is 6.82. The lowest BCUT2D eigenvalue weighted by atomic mass is 9.95. The van der Waals surface area contributed by atoms with Gasteiger partial charge in [-0.3, -0.25) is 4.79 Å². The van der Waals surface area contributed by atoms with Gasteiger partial charge >= 0.3 is 12.0 Å². The topological polar surface area (TPSA) is 115 Å². The molecule has 0 saturated heterocycles. The third-order valence-electron chi connectivity index (χ3n) is 4.68. The molecule has 1 unspecified atom stereocenters. The summed E-state index contributed by atoms with van der Waals surface area (Å²) < 4.78 is 28.7. The van der Waals surface area contributed by atoms with E-state index in [4.69, 9.17) is 14.2 Å². The van der Waals surface area contributed by atoms with Gasteiger partial charge in [-0.2, -0.15) is 0 Å². The first-order valence-electron chi connectivity index (χ1n) is 9.55. The Morgan fingerprint density at radius 3 is 2.47 bits per heavy atom. The number of amides is 3. The van der Waals surface area contributed by atoms with Crippen LogP contribution in [0.25, 0.3) is 0 Å². The van der Waals surface area contributed by atoms with Crippen molar-refractivity contribution in [3.05, 3.63) is 65.1 Å². The van der Waals surface area contributed by atoms with Gasteiger partial charge in [0, 0.05) is 11.4 Å². The molecule has 9 nitrogen and oxygen atoms in total. The maximum atomic E-state index is 13.0. The summed E-state index contributed by atoms with van der Waals surface area (Å²) in [6, 6.07) is 8.92. The van der Waals surface area contributed by atoms with Crippen LogP contribution in [0.5, 0.6) is 11.5 Å². The predicted molar refractivity (Wildman–Crippen MR) is 113 cm³/mol. The van der Waals surface area contributed by atoms with Crippen molar-refractivity contribution < 1.29 is 33.0 Å². The summed E-state index contributed by atoms with van der Waals surface area (Å²) in [6.07, 6.45) is 0. The van der Waals surface area contributed by atoms with E-state index in [2.05, 4.69) is 16.0 Å². The highest BCUT2D eigenvalue weighted by atomic mass is 19.1. The first-order chi connectivity index (χ1) is 15.3. The van der Waals surface area contributed by atoms with E-state index < -0.39 is 29.8 Å². The number of hydrogen-bond acceptors (Lipinski definition) is 6. The number of allylic oxidation sites excluding steroid dienone is 1. The standard InChI is InChI=1S/C22H22FN3O6/c1-12-19(21(28)31-3)20(26-22(29)24-12)13-4-9-16(17(10-13)30-2)32-11-18(27)25-15-7-5-14(23)6-8-15/h4-10,20H,11H2,1-3H3,(H,25,27)(H2,24,26,29). The first-order valence-corrected chi connectivity index (χ1v) is 9.55. The molecular formula is C22H22FN3O6. The van der Waals surface area contributed by atoms with Crippen molar-refractivity contribution in [1.29, 1.82) is 0 Å². The van der Waals surface area contributed by atoms with Crippen molar-refractivity contribution in [3.63, 3.8) is 0 Å². The Kier molecular flexibility index (Phi) is 6.93. The van der Waals surface area contributed by atoms with E-state index in [9.17, 15) is 18.8 Å². The van der Waals surface area contributed by atoms with E-state index >= 15 is 0 Å². The minimum absolute atomic E-state index is 0.251. The minimum atomic E-state index is -0.763. The molecule has 1 atom stereocenters. The van der Waals surface area contributed by atoms with Gasteiger partial charge in [0.05, 0.1) is 25.8 Å². The second kappa shape index (κ2) is 9.82. The van der Waals surface area contributed by atoms with Gasteiger partial charge in [0.1, 0.15) is 5.82 Å². The number of rotatable bonds is 7. The van der Waals surface area contributed by atoms with Gasteiger partial charge in [-0.15, -0.1) is 0 Å². The summed E-state index contributed by atoms with van der Waals surface area (Å²) >= 11 is 0. The van der Waals surface area contributed by atoms with Gasteiger partial charge in [-0.25, -0.2) is 14.0 Å². The molecule has 0 aromatic heterocycles. The Hall–Kier alpha value is -4.08. The molecule has 0 spiro atoms. The molecule has 0 bridgehead atoms. The molecule has 168 valence electrons. The molecule has 2 aromatic carbocycles. The molecule has 3 N–H and O–H groups in total. The van der Waals surface area contributed by atoms with E-state index in [-0.39, 0.29) is 17.9 Å². The van der Waals surface area contributed by atoms with Crippen LogP contribution in [0, 0.1) is 5.82 Å². The zero-order valence-electron chi connectivity index (χ0n) is 17.7. The van der Waals surface area contributed by atoms with E-state index in [0.29, 0.717) is 22.7 Å². The van der Waals surface area contributed by atoms with Crippen molar-refractivity contribution in [3.8, 4) is 11.5 Å². The molecule has 1 aliphatic heterocycles. The molecule has 1 heterocycles. The summed E-state index contributed by atoms with van der Waals surface area (Å²) in [6.45, 7) is 1.29. The average molecular weight is 443 g/mol. The fraction of sp³-hybridized carbons (Fsp3) is 0.227. The minimum Gasteiger partial charge on any atom is -0.493 e. The third kappa shape index (κ3) is 5.15. The summed E-state index contributed by atoms with van der Waals surface area (Å²) in [4.78, 5) is 36.3. The Labute approximate surface area is 183 Å². The van der Waals surface area contributed by atoms with Gasteiger partial charge in [0.2, 0.25) is 0 Å². The number of carbonyl (C=O) groups excluding carboxylic acids is 3. The van der Waals surface area contributed by atoms with E-state index in [0.717, 1.165) is 0 Å². The lowest BCUT2D eigenvalue weighted by molar-refractivity contribution is -0.136. The van der Waals surface area contributed by atoms with Crippen molar-refractivity contribution in [2.24, 2.45) is 0 Å². The molecule has 1 aliphatic rings. The van der Waals surface area contributed by atoms with Crippen LogP contribution in [0.4, 0.5) is 14.9 Å². The number of halogens is 1. The molecule has 3 amide bonds. The van der Waals surface area contributed by atoms with Crippen molar-refractivity contribution in [2.75, 3.05) is 26.1 Å². The second-order valence-corrected chi connectivity index (χ2v) is 6.82. The average Bonchev–Trinajstić information content (AvgIpc) is 2.78. The van der Waals surface area contributed by atoms with Gasteiger partial charge in [-0.1, -0.05) is 6.07 Å². The van der Waals surface area contributed by atoms with Gasteiger partial charge < -0.3 is 30.2 Å². The Balaban J connectivity index is 1.76. The van der Waals surface area contributed by atoms with E-state index in [1.165, 1.54) is 38.5 Å². The Morgan fingerprint density at radius 1 is 1.09 bits per heavy atom. The number of nitrogens with one attached hydrogen (secondary N) is 3. The van der Waals surface area contributed by atoms with Crippen molar-refractivity contribution in [2.45, 2.75) is 13.0 Å². The lowest BCUT2D eigenvalue weighted by Gasteiger charge is -2.28. The molecule has 10 heteroatoms. The molecule has 0 radical (unpaired) electrons. The monoisotopic (exact) mass is 443 g/mol. The van der Waals surface area contributed by atoms with Gasteiger partial charge in [0.25, 0.3) is 5.91 Å². The van der Waals surface area contributed by atoms with Crippen LogP contribution >= 0.6 is 0 Å². The van der Waals surface area contributed by atoms with E-state index in [1.807, 2.05) is 0 Å². The zero-order valence-corrected chi connectivity index (χ0v) is 17.7. The molecule has 0 fully saturated rings. The number of carbonyl (C=O) groups is 3. The lowest BCUT2D eigenvalue weighted by Crippen LogP contribution is -2.45. The maximum Gasteiger partial charge on any atom is 0.337 e. The normalized spacial score (nSPS) is 15.4. The van der Waals surface area contributed by atoms with Crippen molar-refractivity contribution >= 4 is 23.6 Å². The summed E-state index contributed by atoms with van der Waals surface area (Å²) in [5.74, 6) is -0.858. The summed E-state index contributed by atoms with van der Waals surface area (Å²) in [5, 5.41) is 7.82. The highest BCUT2D eigenvalue weighted by Gasteiger charge is 2.32. The van der Waals surface area contributed by atoms with Gasteiger partial charge in [0.15, 0.2) is 18.1 Å². The molecule has 3 rings (SSSR count). The van der Waals surface area contributed by atoms with Crippen LogP contribution in [0.15, 0.2) is 53.7 Å². The first kappa shape index (κ1) is 22.6. The number of methoxy groups -OCH3 is 2. The van der Waals surface area contributed by atoms with Crippen LogP contribution in [-0.2, 0) is 14.3 Å². The molecule has 0 saturated carbocycles. The highest BCUT2D eigenvalue weighted by molar-refractivity contribution is 5.95. The van der Waals surface area contributed by atoms with Gasteiger partial charge in [-0.05, 0) is 48.9 Å². The quantitative estimate of drug-likeness (QED) is 0.567. The number of benzene rings is 2. The zero-order chi connectivity index (χ0) is 23.3. The van der Waals surface area contributed by atoms with Crippen LogP contribution in [0.2, 0.25) is 0 Å². The van der Waals surface area contributed by atoms with Crippen LogP contribution in [-0.4, -0.2) is 38.7 Å². The number of anilines is 1. The van der Waals surface area contributed by atoms with Crippen LogP contribution in [0.1, 0.15) is 18.5 Å². The number of ether oxygens (including phenoxy) is 3. The fourth-order valence-electron chi connectivity index (χ4n) is 3.18. The molecule has 32 heavy (non-hydrogen) atoms. The third-order valence-corrected chi connectivity index (χ3v) is 4.68. The largest absolute Gasteiger partial charge is 0.493 e. The molecule has 0 aliphatic carbocycles. The smallest absolute Gasteiger partial charge is 0.337 e. The molecular weight excluding hydrogens is 421 g/mol. The summed E-state index contributed by atoms with van der Waals surface area (Å²) in [7, 11) is 2.68. The maximum absolute atomic E-state index is 13.0.